The first kappa shape index (κ1) is 19.4. The van der Waals surface area contributed by atoms with Crippen LogP contribution in [0.5, 0.6) is 0 Å². The summed E-state index contributed by atoms with van der Waals surface area (Å²) in [6.45, 7) is 2.20. The van der Waals surface area contributed by atoms with Crippen LogP contribution in [0.4, 0.5) is 8.78 Å². The summed E-state index contributed by atoms with van der Waals surface area (Å²) >= 11 is 5.76. The first-order valence-electron chi connectivity index (χ1n) is 10.2. The number of aryl methyl sites for hydroxylation is 1. The minimum Gasteiger partial charge on any atom is -0.205 e. The molecule has 0 saturated carbocycles. The molecule has 0 bridgehead atoms. The molecule has 0 unspecified atom stereocenters. The van der Waals surface area contributed by atoms with Crippen molar-refractivity contribution in [2.75, 3.05) is 0 Å². The molecule has 3 aromatic rings. The summed E-state index contributed by atoms with van der Waals surface area (Å²) in [5.74, 6) is -0.944. The van der Waals surface area contributed by atoms with Gasteiger partial charge in [0.25, 0.3) is 0 Å². The molecule has 0 nitrogen and oxygen atoms in total. The van der Waals surface area contributed by atoms with E-state index in [0.29, 0.717) is 11.5 Å². The van der Waals surface area contributed by atoms with Crippen molar-refractivity contribution in [3.8, 4) is 0 Å². The quantitative estimate of drug-likeness (QED) is 0.301. The summed E-state index contributed by atoms with van der Waals surface area (Å²) in [5, 5.41) is 2.06. The Labute approximate surface area is 170 Å². The van der Waals surface area contributed by atoms with E-state index in [1.54, 1.807) is 0 Å². The molecule has 0 saturated heterocycles. The molecule has 1 aliphatic rings. The van der Waals surface area contributed by atoms with Gasteiger partial charge in [-0.2, -0.15) is 0 Å². The molecule has 2 atom stereocenters. The minimum atomic E-state index is -0.670. The second kappa shape index (κ2) is 8.21. The zero-order valence-corrected chi connectivity index (χ0v) is 16.9. The van der Waals surface area contributed by atoms with Gasteiger partial charge in [-0.05, 0) is 64.8 Å². The lowest BCUT2D eigenvalue weighted by Gasteiger charge is -2.35. The Kier molecular flexibility index (Phi) is 5.68. The normalized spacial score (nSPS) is 19.0. The van der Waals surface area contributed by atoms with Crippen molar-refractivity contribution in [1.29, 1.82) is 0 Å². The van der Waals surface area contributed by atoms with Crippen LogP contribution in [0.25, 0.3) is 10.8 Å². The molecule has 146 valence electrons. The van der Waals surface area contributed by atoms with E-state index in [0.717, 1.165) is 25.7 Å². The molecule has 28 heavy (non-hydrogen) atoms. The number of fused-ring (bicyclic) bond motifs is 3. The van der Waals surface area contributed by atoms with E-state index in [4.69, 9.17) is 11.6 Å². The van der Waals surface area contributed by atoms with Crippen LogP contribution >= 0.6 is 11.6 Å². The van der Waals surface area contributed by atoms with Crippen molar-refractivity contribution in [2.24, 2.45) is 5.92 Å². The SMILES string of the molecule is CCCCC[C@@H]1CCc2c(ccc3ccccc23)[C@H]1c1cc(F)c(Cl)c(F)c1. The van der Waals surface area contributed by atoms with Crippen LogP contribution in [0.2, 0.25) is 5.02 Å². The summed E-state index contributed by atoms with van der Waals surface area (Å²) in [6, 6.07) is 15.6. The van der Waals surface area contributed by atoms with Crippen molar-refractivity contribution in [3.63, 3.8) is 0 Å². The van der Waals surface area contributed by atoms with E-state index in [-0.39, 0.29) is 5.92 Å². The highest BCUT2D eigenvalue weighted by Gasteiger charge is 2.32. The molecule has 0 N–H and O–H groups in total. The van der Waals surface area contributed by atoms with Crippen LogP contribution in [0, 0.1) is 17.6 Å². The number of hydrogen-bond acceptors (Lipinski definition) is 0. The van der Waals surface area contributed by atoms with E-state index >= 15 is 0 Å². The van der Waals surface area contributed by atoms with Crippen molar-refractivity contribution in [3.05, 3.63) is 81.9 Å². The lowest BCUT2D eigenvalue weighted by molar-refractivity contribution is 0.368. The Morgan fingerprint density at radius 1 is 1.00 bits per heavy atom. The van der Waals surface area contributed by atoms with Gasteiger partial charge in [-0.1, -0.05) is 74.2 Å². The predicted molar refractivity (Wildman–Crippen MR) is 113 cm³/mol. The number of hydrogen-bond donors (Lipinski definition) is 0. The molecule has 0 aromatic heterocycles. The highest BCUT2D eigenvalue weighted by molar-refractivity contribution is 6.30. The van der Waals surface area contributed by atoms with E-state index in [1.807, 2.05) is 6.07 Å². The molecule has 3 heteroatoms. The molecule has 0 aliphatic heterocycles. The lowest BCUT2D eigenvalue weighted by Crippen LogP contribution is -2.22. The number of benzene rings is 3. The molecule has 0 amide bonds. The Morgan fingerprint density at radius 2 is 1.75 bits per heavy atom. The van der Waals surface area contributed by atoms with Crippen LogP contribution in [0.15, 0.2) is 48.5 Å². The van der Waals surface area contributed by atoms with Crippen LogP contribution in [0.1, 0.15) is 61.6 Å². The Hall–Kier alpha value is -1.93. The molecule has 0 fully saturated rings. The molecule has 0 radical (unpaired) electrons. The fourth-order valence-electron chi connectivity index (χ4n) is 4.85. The second-order valence-corrected chi connectivity index (χ2v) is 8.30. The van der Waals surface area contributed by atoms with Gasteiger partial charge in [-0.25, -0.2) is 8.78 Å². The zero-order valence-electron chi connectivity index (χ0n) is 16.2. The highest BCUT2D eigenvalue weighted by atomic mass is 35.5. The van der Waals surface area contributed by atoms with Gasteiger partial charge in [-0.3, -0.25) is 0 Å². The Balaban J connectivity index is 1.84. The summed E-state index contributed by atoms with van der Waals surface area (Å²) < 4.78 is 28.6. The third-order valence-electron chi connectivity index (χ3n) is 6.19. The zero-order chi connectivity index (χ0) is 19.7. The summed E-state index contributed by atoms with van der Waals surface area (Å²) in [7, 11) is 0. The Bertz CT molecular complexity index is 972. The summed E-state index contributed by atoms with van der Waals surface area (Å²) in [5.41, 5.74) is 3.25. The molecular weight excluding hydrogens is 374 g/mol. The van der Waals surface area contributed by atoms with Crippen molar-refractivity contribution in [1.82, 2.24) is 0 Å². The lowest BCUT2D eigenvalue weighted by atomic mass is 9.69. The van der Waals surface area contributed by atoms with Crippen LogP contribution in [-0.4, -0.2) is 0 Å². The Morgan fingerprint density at radius 3 is 2.50 bits per heavy atom. The first-order valence-corrected chi connectivity index (χ1v) is 10.6. The average Bonchev–Trinajstić information content (AvgIpc) is 2.71. The van der Waals surface area contributed by atoms with E-state index < -0.39 is 16.7 Å². The summed E-state index contributed by atoms with van der Waals surface area (Å²) in [6.07, 6.45) is 6.65. The van der Waals surface area contributed by atoms with Crippen LogP contribution < -0.4 is 0 Å². The van der Waals surface area contributed by atoms with Gasteiger partial charge in [-0.15, -0.1) is 0 Å². The largest absolute Gasteiger partial charge is 0.205 e. The van der Waals surface area contributed by atoms with Crippen LogP contribution in [-0.2, 0) is 6.42 Å². The molecule has 3 aromatic carbocycles. The number of unbranched alkanes of at least 4 members (excludes halogenated alkanes) is 2. The monoisotopic (exact) mass is 398 g/mol. The van der Waals surface area contributed by atoms with E-state index in [1.165, 1.54) is 46.9 Å². The molecule has 0 heterocycles. The van der Waals surface area contributed by atoms with Crippen molar-refractivity contribution in [2.45, 2.75) is 51.4 Å². The molecule has 0 spiro atoms. The third kappa shape index (κ3) is 3.55. The van der Waals surface area contributed by atoms with Gasteiger partial charge in [0.2, 0.25) is 0 Å². The maximum Gasteiger partial charge on any atom is 0.145 e. The maximum atomic E-state index is 14.3. The molecule has 1 aliphatic carbocycles. The van der Waals surface area contributed by atoms with Gasteiger partial charge in [0.1, 0.15) is 16.7 Å². The number of halogens is 3. The second-order valence-electron chi connectivity index (χ2n) is 7.93. The minimum absolute atomic E-state index is 0.00600. The predicted octanol–water partition coefficient (Wildman–Crippen LogP) is 8.05. The fourth-order valence-corrected chi connectivity index (χ4v) is 4.96. The summed E-state index contributed by atoms with van der Waals surface area (Å²) in [4.78, 5) is 0. The van der Waals surface area contributed by atoms with Crippen molar-refractivity contribution < 1.29 is 8.78 Å². The molecular formula is C25H25ClF2. The van der Waals surface area contributed by atoms with Gasteiger partial charge >= 0.3 is 0 Å². The van der Waals surface area contributed by atoms with Crippen LogP contribution in [0.3, 0.4) is 0 Å². The third-order valence-corrected chi connectivity index (χ3v) is 6.55. The first-order chi connectivity index (χ1) is 13.6. The van der Waals surface area contributed by atoms with Gasteiger partial charge in [0.15, 0.2) is 0 Å². The van der Waals surface area contributed by atoms with E-state index in [2.05, 4.69) is 37.3 Å². The highest BCUT2D eigenvalue weighted by Crippen LogP contribution is 2.46. The van der Waals surface area contributed by atoms with Gasteiger partial charge in [0.05, 0.1) is 0 Å². The topological polar surface area (TPSA) is 0 Å². The average molecular weight is 399 g/mol. The maximum absolute atomic E-state index is 14.3. The van der Waals surface area contributed by atoms with Crippen molar-refractivity contribution >= 4 is 22.4 Å². The van der Waals surface area contributed by atoms with Gasteiger partial charge in [0, 0.05) is 5.92 Å². The smallest absolute Gasteiger partial charge is 0.145 e. The number of rotatable bonds is 5. The molecule has 4 rings (SSSR count). The van der Waals surface area contributed by atoms with Gasteiger partial charge < -0.3 is 0 Å². The fraction of sp³-hybridized carbons (Fsp3) is 0.360. The van der Waals surface area contributed by atoms with E-state index in [9.17, 15) is 8.78 Å². The standard InChI is InChI=1S/C25H25ClF2/c1-2-3-4-8-17-11-12-20-19-9-6-5-7-16(19)10-13-21(20)24(17)18-14-22(27)25(26)23(28)15-18/h5-7,9-10,13-15,17,24H,2-4,8,11-12H2,1H3/t17-,24-/m1/s1.